The predicted octanol–water partition coefficient (Wildman–Crippen LogP) is 0.513. The lowest BCUT2D eigenvalue weighted by molar-refractivity contribution is 0.0823. The summed E-state index contributed by atoms with van der Waals surface area (Å²) in [4.78, 5) is 0. The first-order valence-corrected chi connectivity index (χ1v) is 4.79. The molecular formula is C9H19NO2. The second-order valence-electron chi connectivity index (χ2n) is 3.52. The van der Waals surface area contributed by atoms with Crippen LogP contribution in [0.5, 0.6) is 0 Å². The van der Waals surface area contributed by atoms with Crippen LogP contribution in [0.4, 0.5) is 0 Å². The maximum absolute atomic E-state index is 9.07. The van der Waals surface area contributed by atoms with E-state index in [1.807, 2.05) is 0 Å². The molecule has 0 saturated heterocycles. The van der Waals surface area contributed by atoms with Crippen molar-refractivity contribution in [3.05, 3.63) is 0 Å². The molecule has 72 valence electrons. The van der Waals surface area contributed by atoms with E-state index in [0.717, 1.165) is 12.5 Å². The Bertz CT molecular complexity index is 115. The molecule has 0 heterocycles. The second-order valence-corrected chi connectivity index (χ2v) is 3.52. The highest BCUT2D eigenvalue weighted by Crippen LogP contribution is 2.32. The van der Waals surface area contributed by atoms with Gasteiger partial charge < -0.3 is 15.6 Å². The van der Waals surface area contributed by atoms with Crippen LogP contribution in [0.2, 0.25) is 0 Å². The molecule has 1 aliphatic carbocycles. The molecule has 1 unspecified atom stereocenters. The van der Waals surface area contributed by atoms with Crippen molar-refractivity contribution in [3.8, 4) is 0 Å². The van der Waals surface area contributed by atoms with E-state index in [1.165, 1.54) is 19.3 Å². The van der Waals surface area contributed by atoms with E-state index in [0.29, 0.717) is 19.6 Å². The van der Waals surface area contributed by atoms with Crippen LogP contribution in [0.1, 0.15) is 25.7 Å². The van der Waals surface area contributed by atoms with Crippen molar-refractivity contribution in [2.24, 2.45) is 11.7 Å². The molecule has 3 N–H and O–H groups in total. The summed E-state index contributed by atoms with van der Waals surface area (Å²) in [7, 11) is 0. The fourth-order valence-corrected chi connectivity index (χ4v) is 1.10. The molecule has 0 amide bonds. The van der Waals surface area contributed by atoms with Crippen LogP contribution in [0.15, 0.2) is 0 Å². The number of hydrogen-bond acceptors (Lipinski definition) is 3. The van der Waals surface area contributed by atoms with Gasteiger partial charge in [0.2, 0.25) is 0 Å². The fraction of sp³-hybridized carbons (Fsp3) is 1.00. The van der Waals surface area contributed by atoms with Gasteiger partial charge in [0.15, 0.2) is 0 Å². The van der Waals surface area contributed by atoms with Gasteiger partial charge in [0.25, 0.3) is 0 Å². The summed E-state index contributed by atoms with van der Waals surface area (Å²) >= 11 is 0. The molecule has 1 aliphatic rings. The summed E-state index contributed by atoms with van der Waals surface area (Å²) in [5.74, 6) is 0.935. The lowest BCUT2D eigenvalue weighted by Gasteiger charge is -2.07. The monoisotopic (exact) mass is 173 g/mol. The molecule has 12 heavy (non-hydrogen) atoms. The van der Waals surface area contributed by atoms with Crippen molar-refractivity contribution in [3.63, 3.8) is 0 Å². The average molecular weight is 173 g/mol. The first-order chi connectivity index (χ1) is 5.83. The van der Waals surface area contributed by atoms with Gasteiger partial charge in [0.1, 0.15) is 0 Å². The Balaban J connectivity index is 1.75. The molecule has 0 radical (unpaired) electrons. The Morgan fingerprint density at radius 1 is 1.42 bits per heavy atom. The van der Waals surface area contributed by atoms with Gasteiger partial charge in [-0.15, -0.1) is 0 Å². The Hall–Kier alpha value is -0.120. The zero-order valence-corrected chi connectivity index (χ0v) is 7.54. The van der Waals surface area contributed by atoms with Crippen LogP contribution >= 0.6 is 0 Å². The van der Waals surface area contributed by atoms with E-state index in [1.54, 1.807) is 0 Å². The largest absolute Gasteiger partial charge is 0.392 e. The van der Waals surface area contributed by atoms with Crippen LogP contribution in [0.3, 0.4) is 0 Å². The van der Waals surface area contributed by atoms with Crippen LogP contribution in [-0.4, -0.2) is 31.0 Å². The molecule has 0 aromatic rings. The smallest absolute Gasteiger partial charge is 0.0684 e. The summed E-state index contributed by atoms with van der Waals surface area (Å²) in [6.45, 7) is 1.83. The number of aliphatic hydroxyl groups excluding tert-OH is 1. The molecule has 0 aromatic carbocycles. The topological polar surface area (TPSA) is 55.5 Å². The molecule has 0 spiro atoms. The first kappa shape index (κ1) is 9.96. The van der Waals surface area contributed by atoms with Crippen molar-refractivity contribution < 1.29 is 9.84 Å². The molecule has 1 fully saturated rings. The minimum absolute atomic E-state index is 0.339. The van der Waals surface area contributed by atoms with Gasteiger partial charge in [0, 0.05) is 19.8 Å². The number of rotatable bonds is 7. The standard InChI is InChI=1S/C9H19NO2/c10-7-9(11)4-6-12-5-3-8-1-2-8/h8-9,11H,1-7,10H2. The third-order valence-corrected chi connectivity index (χ3v) is 2.23. The van der Waals surface area contributed by atoms with Gasteiger partial charge in [0.05, 0.1) is 6.10 Å². The Morgan fingerprint density at radius 3 is 2.75 bits per heavy atom. The summed E-state index contributed by atoms with van der Waals surface area (Å²) < 4.78 is 5.34. The van der Waals surface area contributed by atoms with E-state index in [4.69, 9.17) is 15.6 Å². The van der Waals surface area contributed by atoms with Crippen molar-refractivity contribution in [2.45, 2.75) is 31.8 Å². The lowest BCUT2D eigenvalue weighted by Crippen LogP contribution is -2.21. The van der Waals surface area contributed by atoms with Gasteiger partial charge in [-0.2, -0.15) is 0 Å². The predicted molar refractivity (Wildman–Crippen MR) is 47.8 cm³/mol. The van der Waals surface area contributed by atoms with Gasteiger partial charge >= 0.3 is 0 Å². The Kier molecular flexibility index (Phi) is 4.58. The maximum atomic E-state index is 9.07. The SMILES string of the molecule is NCC(O)CCOCCC1CC1. The highest BCUT2D eigenvalue weighted by Gasteiger charge is 2.20. The number of nitrogens with two attached hydrogens (primary N) is 1. The third-order valence-electron chi connectivity index (χ3n) is 2.23. The molecule has 0 bridgehead atoms. The van der Waals surface area contributed by atoms with Crippen LogP contribution in [-0.2, 0) is 4.74 Å². The highest BCUT2D eigenvalue weighted by molar-refractivity contribution is 4.72. The third kappa shape index (κ3) is 4.70. The first-order valence-electron chi connectivity index (χ1n) is 4.79. The van der Waals surface area contributed by atoms with Gasteiger partial charge in [-0.05, 0) is 18.8 Å². The second kappa shape index (κ2) is 5.51. The molecule has 1 atom stereocenters. The van der Waals surface area contributed by atoms with Crippen molar-refractivity contribution in [1.82, 2.24) is 0 Å². The van der Waals surface area contributed by atoms with E-state index in [-0.39, 0.29) is 6.10 Å². The molecule has 3 nitrogen and oxygen atoms in total. The fourth-order valence-electron chi connectivity index (χ4n) is 1.10. The summed E-state index contributed by atoms with van der Waals surface area (Å²) in [5, 5.41) is 9.07. The molecule has 1 saturated carbocycles. The highest BCUT2D eigenvalue weighted by atomic mass is 16.5. The normalized spacial score (nSPS) is 19.5. The number of ether oxygens (including phenoxy) is 1. The summed E-state index contributed by atoms with van der Waals surface area (Å²) in [6.07, 6.45) is 4.25. The van der Waals surface area contributed by atoms with Crippen molar-refractivity contribution in [2.75, 3.05) is 19.8 Å². The van der Waals surface area contributed by atoms with Gasteiger partial charge in [-0.25, -0.2) is 0 Å². The van der Waals surface area contributed by atoms with Gasteiger partial charge in [-0.3, -0.25) is 0 Å². The van der Waals surface area contributed by atoms with Crippen molar-refractivity contribution in [1.29, 1.82) is 0 Å². The zero-order valence-electron chi connectivity index (χ0n) is 7.54. The van der Waals surface area contributed by atoms with E-state index in [2.05, 4.69) is 0 Å². The number of hydrogen-bond donors (Lipinski definition) is 2. The quantitative estimate of drug-likeness (QED) is 0.552. The molecule has 3 heteroatoms. The minimum Gasteiger partial charge on any atom is -0.392 e. The molecule has 0 aromatic heterocycles. The zero-order chi connectivity index (χ0) is 8.81. The van der Waals surface area contributed by atoms with Crippen LogP contribution in [0, 0.1) is 5.92 Å². The van der Waals surface area contributed by atoms with Gasteiger partial charge in [-0.1, -0.05) is 12.8 Å². The molecule has 0 aliphatic heterocycles. The summed E-state index contributed by atoms with van der Waals surface area (Å²) in [6, 6.07) is 0. The number of aliphatic hydroxyl groups is 1. The van der Waals surface area contributed by atoms with Crippen LogP contribution < -0.4 is 5.73 Å². The Labute approximate surface area is 73.9 Å². The van der Waals surface area contributed by atoms with E-state index >= 15 is 0 Å². The Morgan fingerprint density at radius 2 is 2.17 bits per heavy atom. The average Bonchev–Trinajstić information content (AvgIpc) is 2.87. The molecule has 1 rings (SSSR count). The van der Waals surface area contributed by atoms with Crippen LogP contribution in [0.25, 0.3) is 0 Å². The minimum atomic E-state index is -0.383. The lowest BCUT2D eigenvalue weighted by atomic mass is 10.3. The molecular weight excluding hydrogens is 154 g/mol. The summed E-state index contributed by atoms with van der Waals surface area (Å²) in [5.41, 5.74) is 5.24. The van der Waals surface area contributed by atoms with Crippen molar-refractivity contribution >= 4 is 0 Å². The van der Waals surface area contributed by atoms with E-state index in [9.17, 15) is 0 Å². The van der Waals surface area contributed by atoms with E-state index < -0.39 is 0 Å². The maximum Gasteiger partial charge on any atom is 0.0684 e.